The van der Waals surface area contributed by atoms with Gasteiger partial charge in [-0.25, -0.2) is 0 Å². The zero-order chi connectivity index (χ0) is 15.5. The van der Waals surface area contributed by atoms with Crippen LogP contribution in [-0.2, 0) is 6.18 Å². The lowest BCUT2D eigenvalue weighted by molar-refractivity contribution is -0.137. The summed E-state index contributed by atoms with van der Waals surface area (Å²) < 4.78 is 38.6. The molecule has 0 saturated heterocycles. The molecule has 1 aliphatic carbocycles. The molecular weight excluding hydrogens is 347 g/mol. The summed E-state index contributed by atoms with van der Waals surface area (Å²) >= 11 is 3.56. The van der Waals surface area contributed by atoms with Crippen molar-refractivity contribution in [1.82, 2.24) is 5.32 Å². The number of benzene rings is 1. The normalized spacial score (nSPS) is 22.9. The van der Waals surface area contributed by atoms with Gasteiger partial charge in [-0.05, 0) is 37.3 Å². The fourth-order valence-corrected chi connectivity index (χ4v) is 3.52. The van der Waals surface area contributed by atoms with Crippen LogP contribution in [0.15, 0.2) is 24.3 Å². The van der Waals surface area contributed by atoms with Crippen molar-refractivity contribution in [3.05, 3.63) is 35.4 Å². The van der Waals surface area contributed by atoms with Crippen LogP contribution in [0.4, 0.5) is 13.2 Å². The molecule has 1 aliphatic rings. The number of rotatable bonds is 3. The molecule has 2 nitrogen and oxygen atoms in total. The lowest BCUT2D eigenvalue weighted by atomic mass is 9.89. The van der Waals surface area contributed by atoms with E-state index in [0.29, 0.717) is 17.3 Å². The van der Waals surface area contributed by atoms with Crippen LogP contribution in [0.25, 0.3) is 0 Å². The first kappa shape index (κ1) is 16.3. The molecule has 0 bridgehead atoms. The molecule has 116 valence electrons. The van der Waals surface area contributed by atoms with Crippen LogP contribution in [0.2, 0.25) is 0 Å². The third-order valence-corrected chi connectivity index (χ3v) is 4.58. The summed E-state index contributed by atoms with van der Waals surface area (Å²) in [6.07, 6.45) is -0.374. The summed E-state index contributed by atoms with van der Waals surface area (Å²) in [5, 5.41) is 2.64. The smallest absolute Gasteiger partial charge is 0.352 e. The summed E-state index contributed by atoms with van der Waals surface area (Å²) in [6.45, 7) is 0.424. The Labute approximate surface area is 130 Å². The summed E-state index contributed by atoms with van der Waals surface area (Å²) in [5.74, 6) is -0.329. The Bertz CT molecular complexity index is 504. The monoisotopic (exact) mass is 363 g/mol. The number of alkyl halides is 4. The molecule has 0 radical (unpaired) electrons. The minimum absolute atomic E-state index is 0.309. The average molecular weight is 364 g/mol. The molecule has 2 rings (SSSR count). The van der Waals surface area contributed by atoms with Crippen LogP contribution in [0.3, 0.4) is 0 Å². The van der Waals surface area contributed by atoms with Crippen molar-refractivity contribution < 1.29 is 18.0 Å². The minimum atomic E-state index is -4.51. The maximum absolute atomic E-state index is 12.9. The number of carbonyl (C=O) groups is 1. The predicted octanol–water partition coefficient (Wildman–Crippen LogP) is 4.39. The van der Waals surface area contributed by atoms with Crippen LogP contribution in [0, 0.1) is 5.92 Å². The van der Waals surface area contributed by atoms with E-state index in [4.69, 9.17) is 0 Å². The SMILES string of the molecule is O=C(NCC1CCCC(Br)C1)c1ccccc1C(F)(F)F. The first-order valence-electron chi connectivity index (χ1n) is 6.96. The fourth-order valence-electron chi connectivity index (χ4n) is 2.67. The average Bonchev–Trinajstić information content (AvgIpc) is 2.44. The minimum Gasteiger partial charge on any atom is -0.352 e. The van der Waals surface area contributed by atoms with Crippen LogP contribution < -0.4 is 5.32 Å². The Kier molecular flexibility index (Phi) is 5.30. The molecule has 1 amide bonds. The molecule has 1 aromatic carbocycles. The highest BCUT2D eigenvalue weighted by Crippen LogP contribution is 2.32. The summed E-state index contributed by atoms with van der Waals surface area (Å²) in [6, 6.07) is 4.88. The Balaban J connectivity index is 2.01. The van der Waals surface area contributed by atoms with Crippen molar-refractivity contribution in [2.75, 3.05) is 6.54 Å². The van der Waals surface area contributed by atoms with E-state index in [1.165, 1.54) is 18.2 Å². The van der Waals surface area contributed by atoms with Gasteiger partial charge in [0.1, 0.15) is 0 Å². The highest BCUT2D eigenvalue weighted by atomic mass is 79.9. The number of carbonyl (C=O) groups excluding carboxylic acids is 1. The van der Waals surface area contributed by atoms with Gasteiger partial charge in [-0.1, -0.05) is 34.5 Å². The van der Waals surface area contributed by atoms with E-state index >= 15 is 0 Å². The Morgan fingerprint density at radius 1 is 1.29 bits per heavy atom. The molecule has 2 atom stereocenters. The molecule has 0 aromatic heterocycles. The van der Waals surface area contributed by atoms with E-state index in [2.05, 4.69) is 21.2 Å². The van der Waals surface area contributed by atoms with Gasteiger partial charge in [0.2, 0.25) is 0 Å². The number of hydrogen-bond acceptors (Lipinski definition) is 1. The van der Waals surface area contributed by atoms with Crippen molar-refractivity contribution in [2.24, 2.45) is 5.92 Å². The van der Waals surface area contributed by atoms with E-state index in [1.54, 1.807) is 0 Å². The quantitative estimate of drug-likeness (QED) is 0.792. The first-order chi connectivity index (χ1) is 9.88. The summed E-state index contributed by atoms with van der Waals surface area (Å²) in [5.41, 5.74) is -1.19. The van der Waals surface area contributed by atoms with Crippen LogP contribution in [0.1, 0.15) is 41.6 Å². The standard InChI is InChI=1S/C15H17BrF3NO/c16-11-5-3-4-10(8-11)9-20-14(21)12-6-1-2-7-13(12)15(17,18)19/h1-2,6-7,10-11H,3-5,8-9H2,(H,20,21). The zero-order valence-electron chi connectivity index (χ0n) is 11.4. The lowest BCUT2D eigenvalue weighted by Crippen LogP contribution is -2.33. The van der Waals surface area contributed by atoms with Gasteiger partial charge in [0, 0.05) is 11.4 Å². The van der Waals surface area contributed by atoms with Gasteiger partial charge in [-0.3, -0.25) is 4.79 Å². The van der Waals surface area contributed by atoms with E-state index in [1.807, 2.05) is 0 Å². The largest absolute Gasteiger partial charge is 0.417 e. The zero-order valence-corrected chi connectivity index (χ0v) is 13.0. The lowest BCUT2D eigenvalue weighted by Gasteiger charge is -2.25. The highest BCUT2D eigenvalue weighted by Gasteiger charge is 2.34. The van der Waals surface area contributed by atoms with Crippen LogP contribution in [0.5, 0.6) is 0 Å². The maximum Gasteiger partial charge on any atom is 0.417 e. The number of halogens is 4. The molecule has 0 heterocycles. The van der Waals surface area contributed by atoms with Crippen molar-refractivity contribution in [2.45, 2.75) is 36.7 Å². The first-order valence-corrected chi connectivity index (χ1v) is 7.88. The molecule has 0 spiro atoms. The molecular formula is C15H17BrF3NO. The topological polar surface area (TPSA) is 29.1 Å². The molecule has 1 N–H and O–H groups in total. The van der Waals surface area contributed by atoms with Crippen molar-refractivity contribution in [3.63, 3.8) is 0 Å². The fraction of sp³-hybridized carbons (Fsp3) is 0.533. The Morgan fingerprint density at radius 3 is 2.67 bits per heavy atom. The van der Waals surface area contributed by atoms with Crippen molar-refractivity contribution in [3.8, 4) is 0 Å². The van der Waals surface area contributed by atoms with E-state index in [9.17, 15) is 18.0 Å². The summed E-state index contributed by atoms with van der Waals surface area (Å²) in [7, 11) is 0. The number of nitrogens with one attached hydrogen (secondary N) is 1. The van der Waals surface area contributed by atoms with Crippen molar-refractivity contribution in [1.29, 1.82) is 0 Å². The Hall–Kier alpha value is -1.04. The Morgan fingerprint density at radius 2 is 2.00 bits per heavy atom. The molecule has 1 aromatic rings. The third-order valence-electron chi connectivity index (χ3n) is 3.75. The third kappa shape index (κ3) is 4.46. The summed E-state index contributed by atoms with van der Waals surface area (Å²) in [4.78, 5) is 12.5. The second-order valence-corrected chi connectivity index (χ2v) is 6.68. The van der Waals surface area contributed by atoms with Gasteiger partial charge < -0.3 is 5.32 Å². The van der Waals surface area contributed by atoms with Crippen LogP contribution in [-0.4, -0.2) is 17.3 Å². The second kappa shape index (κ2) is 6.81. The maximum atomic E-state index is 12.9. The number of hydrogen-bond donors (Lipinski definition) is 1. The molecule has 21 heavy (non-hydrogen) atoms. The van der Waals surface area contributed by atoms with Gasteiger partial charge in [0.15, 0.2) is 0 Å². The molecule has 1 saturated carbocycles. The number of amides is 1. The van der Waals surface area contributed by atoms with Gasteiger partial charge in [0.25, 0.3) is 5.91 Å². The van der Waals surface area contributed by atoms with Gasteiger partial charge in [-0.15, -0.1) is 0 Å². The van der Waals surface area contributed by atoms with E-state index in [0.717, 1.165) is 31.7 Å². The second-order valence-electron chi connectivity index (χ2n) is 5.38. The molecule has 1 fully saturated rings. The highest BCUT2D eigenvalue weighted by molar-refractivity contribution is 9.09. The van der Waals surface area contributed by atoms with Gasteiger partial charge in [0.05, 0.1) is 11.1 Å². The van der Waals surface area contributed by atoms with Crippen LogP contribution >= 0.6 is 15.9 Å². The molecule has 6 heteroatoms. The molecule has 2 unspecified atom stereocenters. The van der Waals surface area contributed by atoms with E-state index < -0.39 is 17.6 Å². The van der Waals surface area contributed by atoms with E-state index in [-0.39, 0.29) is 5.56 Å². The molecule has 0 aliphatic heterocycles. The van der Waals surface area contributed by atoms with Gasteiger partial charge in [-0.2, -0.15) is 13.2 Å². The van der Waals surface area contributed by atoms with Gasteiger partial charge >= 0.3 is 6.18 Å². The predicted molar refractivity (Wildman–Crippen MR) is 78.5 cm³/mol. The van der Waals surface area contributed by atoms with Crippen molar-refractivity contribution >= 4 is 21.8 Å².